The number of hydrogen-bond donors (Lipinski definition) is 3. The summed E-state index contributed by atoms with van der Waals surface area (Å²) in [4.78, 5) is 16.3. The van der Waals surface area contributed by atoms with Crippen molar-refractivity contribution in [1.82, 2.24) is 10.6 Å². The quantitative estimate of drug-likeness (QED) is 0.275. The molecule has 0 spiro atoms. The van der Waals surface area contributed by atoms with Crippen molar-refractivity contribution in [3.05, 3.63) is 59.7 Å². The number of carbonyl (C=O) groups excluding carboxylic acids is 1. The molecule has 1 aliphatic carbocycles. The van der Waals surface area contributed by atoms with E-state index in [9.17, 15) is 4.79 Å². The molecule has 2 aliphatic rings. The van der Waals surface area contributed by atoms with Crippen LogP contribution < -0.4 is 20.7 Å². The summed E-state index contributed by atoms with van der Waals surface area (Å²) >= 11 is 0. The number of amides is 1. The van der Waals surface area contributed by atoms with E-state index in [0.717, 1.165) is 17.4 Å². The van der Waals surface area contributed by atoms with Gasteiger partial charge in [0.2, 0.25) is 5.91 Å². The first-order valence-corrected chi connectivity index (χ1v) is 11.3. The highest BCUT2D eigenvalue weighted by Crippen LogP contribution is 2.31. The number of carbonyl (C=O) groups is 1. The fourth-order valence-corrected chi connectivity index (χ4v) is 4.37. The molecule has 1 fully saturated rings. The molecule has 172 valence electrons. The molecule has 0 bridgehead atoms. The van der Waals surface area contributed by atoms with Crippen LogP contribution in [0.4, 0.5) is 5.69 Å². The molecule has 6 nitrogen and oxygen atoms in total. The molecule has 4 rings (SSSR count). The smallest absolute Gasteiger partial charge is 0.225 e. The second kappa shape index (κ2) is 12.1. The first kappa shape index (κ1) is 24.4. The lowest BCUT2D eigenvalue weighted by molar-refractivity contribution is -0.116. The number of benzene rings is 2. The van der Waals surface area contributed by atoms with Crippen LogP contribution in [0.3, 0.4) is 0 Å². The molecule has 3 N–H and O–H groups in total. The summed E-state index contributed by atoms with van der Waals surface area (Å²) in [6, 6.07) is 16.3. The SMILES string of the molecule is CN=C(NCc1ccc(OC2CCCCC2)cc1)NCC1CC(=O)Nc2ccccc21.I. The highest BCUT2D eigenvalue weighted by molar-refractivity contribution is 14.0. The van der Waals surface area contributed by atoms with Crippen LogP contribution >= 0.6 is 24.0 Å². The number of halogens is 1. The Balaban J connectivity index is 0.00000289. The summed E-state index contributed by atoms with van der Waals surface area (Å²) in [7, 11) is 1.76. The molecule has 1 atom stereocenters. The van der Waals surface area contributed by atoms with Gasteiger partial charge in [-0.1, -0.05) is 36.8 Å². The average Bonchev–Trinajstić information content (AvgIpc) is 2.80. The number of para-hydroxylation sites is 1. The lowest BCUT2D eigenvalue weighted by atomic mass is 9.90. The zero-order valence-electron chi connectivity index (χ0n) is 18.6. The van der Waals surface area contributed by atoms with Crippen LogP contribution in [-0.2, 0) is 11.3 Å². The second-order valence-electron chi connectivity index (χ2n) is 8.36. The fourth-order valence-electron chi connectivity index (χ4n) is 4.37. The predicted octanol–water partition coefficient (Wildman–Crippen LogP) is 4.81. The van der Waals surface area contributed by atoms with Crippen molar-refractivity contribution in [3.63, 3.8) is 0 Å². The Morgan fingerprint density at radius 1 is 1.06 bits per heavy atom. The zero-order valence-corrected chi connectivity index (χ0v) is 20.9. The van der Waals surface area contributed by atoms with E-state index in [-0.39, 0.29) is 35.8 Å². The number of nitrogens with one attached hydrogen (secondary N) is 3. The summed E-state index contributed by atoms with van der Waals surface area (Å²) in [6.07, 6.45) is 7.06. The van der Waals surface area contributed by atoms with Crippen LogP contribution in [0.5, 0.6) is 5.75 Å². The van der Waals surface area contributed by atoms with E-state index in [2.05, 4.69) is 51.3 Å². The van der Waals surface area contributed by atoms with E-state index >= 15 is 0 Å². The normalized spacial score (nSPS) is 18.7. The summed E-state index contributed by atoms with van der Waals surface area (Å²) in [6.45, 7) is 1.32. The minimum atomic E-state index is 0. The Hall–Kier alpha value is -2.29. The molecule has 0 radical (unpaired) electrons. The number of fused-ring (bicyclic) bond motifs is 1. The molecule has 1 unspecified atom stereocenters. The van der Waals surface area contributed by atoms with E-state index in [4.69, 9.17) is 4.74 Å². The van der Waals surface area contributed by atoms with Gasteiger partial charge in [-0.05, 0) is 55.0 Å². The largest absolute Gasteiger partial charge is 0.490 e. The maximum absolute atomic E-state index is 12.0. The number of nitrogens with zero attached hydrogens (tertiary/aromatic N) is 1. The van der Waals surface area contributed by atoms with E-state index in [1.54, 1.807) is 7.05 Å². The van der Waals surface area contributed by atoms with Crippen molar-refractivity contribution >= 4 is 41.5 Å². The Morgan fingerprint density at radius 2 is 1.81 bits per heavy atom. The van der Waals surface area contributed by atoms with Crippen molar-refractivity contribution in [3.8, 4) is 5.75 Å². The van der Waals surface area contributed by atoms with Crippen LogP contribution in [0.2, 0.25) is 0 Å². The lowest BCUT2D eigenvalue weighted by Crippen LogP contribution is -2.40. The Kier molecular flexibility index (Phi) is 9.20. The van der Waals surface area contributed by atoms with Crippen LogP contribution in [0.25, 0.3) is 0 Å². The first-order chi connectivity index (χ1) is 15.2. The Labute approximate surface area is 207 Å². The van der Waals surface area contributed by atoms with Crippen LogP contribution in [0.1, 0.15) is 55.6 Å². The number of guanidine groups is 1. The van der Waals surface area contributed by atoms with E-state index in [1.807, 2.05) is 18.2 Å². The van der Waals surface area contributed by atoms with Crippen molar-refractivity contribution < 1.29 is 9.53 Å². The fraction of sp³-hybridized carbons (Fsp3) is 0.440. The lowest BCUT2D eigenvalue weighted by Gasteiger charge is -2.26. The van der Waals surface area contributed by atoms with Gasteiger partial charge in [0.05, 0.1) is 6.10 Å². The molecule has 32 heavy (non-hydrogen) atoms. The molecule has 1 saturated carbocycles. The topological polar surface area (TPSA) is 74.8 Å². The third-order valence-corrected chi connectivity index (χ3v) is 6.08. The van der Waals surface area contributed by atoms with Gasteiger partial charge in [-0.3, -0.25) is 9.79 Å². The summed E-state index contributed by atoms with van der Waals surface area (Å²) < 4.78 is 6.11. The highest BCUT2D eigenvalue weighted by Gasteiger charge is 2.24. The Morgan fingerprint density at radius 3 is 2.56 bits per heavy atom. The summed E-state index contributed by atoms with van der Waals surface area (Å²) in [5, 5.41) is 9.67. The molecule has 1 aliphatic heterocycles. The van der Waals surface area contributed by atoms with Gasteiger partial charge in [0.15, 0.2) is 5.96 Å². The molecule has 2 aromatic carbocycles. The van der Waals surface area contributed by atoms with Crippen LogP contribution in [-0.4, -0.2) is 31.6 Å². The maximum Gasteiger partial charge on any atom is 0.225 e. The van der Waals surface area contributed by atoms with Gasteiger partial charge in [-0.25, -0.2) is 0 Å². The van der Waals surface area contributed by atoms with Gasteiger partial charge in [-0.15, -0.1) is 24.0 Å². The van der Waals surface area contributed by atoms with Gasteiger partial charge in [0.1, 0.15) is 5.75 Å². The molecular weight excluding hydrogens is 515 g/mol. The molecular formula is C25H33IN4O2. The van der Waals surface area contributed by atoms with Gasteiger partial charge in [0, 0.05) is 38.2 Å². The Bertz CT molecular complexity index is 910. The van der Waals surface area contributed by atoms with Crippen molar-refractivity contribution in [2.45, 2.75) is 57.1 Å². The summed E-state index contributed by atoms with van der Waals surface area (Å²) in [5.74, 6) is 1.86. The van der Waals surface area contributed by atoms with Crippen molar-refractivity contribution in [2.24, 2.45) is 4.99 Å². The molecule has 7 heteroatoms. The van der Waals surface area contributed by atoms with E-state index in [0.29, 0.717) is 25.6 Å². The van der Waals surface area contributed by atoms with Gasteiger partial charge in [0.25, 0.3) is 0 Å². The van der Waals surface area contributed by atoms with Gasteiger partial charge in [-0.2, -0.15) is 0 Å². The first-order valence-electron chi connectivity index (χ1n) is 11.3. The van der Waals surface area contributed by atoms with Crippen LogP contribution in [0, 0.1) is 0 Å². The van der Waals surface area contributed by atoms with Crippen molar-refractivity contribution in [1.29, 1.82) is 0 Å². The molecule has 1 heterocycles. The third kappa shape index (κ3) is 6.60. The number of aliphatic imine (C=N–C) groups is 1. The third-order valence-electron chi connectivity index (χ3n) is 6.08. The minimum absolute atomic E-state index is 0. The molecule has 1 amide bonds. The second-order valence-corrected chi connectivity index (χ2v) is 8.36. The number of ether oxygens (including phenoxy) is 1. The van der Waals surface area contributed by atoms with E-state index < -0.39 is 0 Å². The molecule has 0 aromatic heterocycles. The van der Waals surface area contributed by atoms with E-state index in [1.165, 1.54) is 43.2 Å². The number of hydrogen-bond acceptors (Lipinski definition) is 3. The monoisotopic (exact) mass is 548 g/mol. The zero-order chi connectivity index (χ0) is 21.5. The standard InChI is InChI=1S/C25H32N4O2.HI/c1-26-25(28-17-19-15-24(30)29-23-10-6-5-9-22(19)23)27-16-18-11-13-21(14-12-18)31-20-7-3-2-4-8-20;/h5-6,9-14,19-20H,2-4,7-8,15-17H2,1H3,(H,29,30)(H2,26,27,28);1H. The highest BCUT2D eigenvalue weighted by atomic mass is 127. The van der Waals surface area contributed by atoms with Crippen LogP contribution in [0.15, 0.2) is 53.5 Å². The number of anilines is 1. The maximum atomic E-state index is 12.0. The van der Waals surface area contributed by atoms with Gasteiger partial charge >= 0.3 is 0 Å². The molecule has 2 aromatic rings. The number of rotatable bonds is 6. The summed E-state index contributed by atoms with van der Waals surface area (Å²) in [5.41, 5.74) is 3.24. The molecule has 0 saturated heterocycles. The average molecular weight is 548 g/mol. The van der Waals surface area contributed by atoms with Crippen molar-refractivity contribution in [2.75, 3.05) is 18.9 Å². The predicted molar refractivity (Wildman–Crippen MR) is 140 cm³/mol. The van der Waals surface area contributed by atoms with Gasteiger partial charge < -0.3 is 20.7 Å². The minimum Gasteiger partial charge on any atom is -0.490 e.